The predicted molar refractivity (Wildman–Crippen MR) is 83.4 cm³/mol. The summed E-state index contributed by atoms with van der Waals surface area (Å²) in [5.41, 5.74) is 5.34. The highest BCUT2D eigenvalue weighted by Gasteiger charge is 2.23. The molecule has 0 aliphatic rings. The van der Waals surface area contributed by atoms with Crippen molar-refractivity contribution in [2.45, 2.75) is 4.90 Å². The van der Waals surface area contributed by atoms with Crippen LogP contribution in [0.3, 0.4) is 0 Å². The zero-order valence-electron chi connectivity index (χ0n) is 10.2. The SMILES string of the molecule is Nc1cc(F)c(F)c(S(=O)(=O)Nc2cc(Br)ccc2Br)c1. The fourth-order valence-electron chi connectivity index (χ4n) is 1.55. The minimum Gasteiger partial charge on any atom is -0.399 e. The fraction of sp³-hybridized carbons (Fsp3) is 0. The van der Waals surface area contributed by atoms with E-state index in [4.69, 9.17) is 5.73 Å². The smallest absolute Gasteiger partial charge is 0.265 e. The minimum absolute atomic E-state index is 0.173. The molecule has 2 rings (SSSR count). The first-order valence-corrected chi connectivity index (χ1v) is 8.50. The first kappa shape index (κ1) is 16.2. The Balaban J connectivity index is 2.51. The number of sulfonamides is 1. The zero-order valence-corrected chi connectivity index (χ0v) is 14.2. The summed E-state index contributed by atoms with van der Waals surface area (Å²) in [6, 6.07) is 6.32. The van der Waals surface area contributed by atoms with E-state index in [0.29, 0.717) is 15.0 Å². The van der Waals surface area contributed by atoms with Gasteiger partial charge in [0.1, 0.15) is 4.90 Å². The van der Waals surface area contributed by atoms with Crippen LogP contribution in [0.1, 0.15) is 0 Å². The van der Waals surface area contributed by atoms with E-state index >= 15 is 0 Å². The number of benzene rings is 2. The van der Waals surface area contributed by atoms with Crippen molar-refractivity contribution in [3.05, 3.63) is 50.9 Å². The van der Waals surface area contributed by atoms with Gasteiger partial charge >= 0.3 is 0 Å². The molecule has 0 saturated carbocycles. The van der Waals surface area contributed by atoms with E-state index in [2.05, 4.69) is 36.6 Å². The lowest BCUT2D eigenvalue weighted by Gasteiger charge is -2.11. The molecule has 0 amide bonds. The average Bonchev–Trinajstić information content (AvgIpc) is 2.37. The molecule has 0 bridgehead atoms. The third-order valence-corrected chi connectivity index (χ3v) is 5.03. The Hall–Kier alpha value is -1.19. The van der Waals surface area contributed by atoms with E-state index in [1.807, 2.05) is 0 Å². The third-order valence-electron chi connectivity index (χ3n) is 2.48. The molecule has 21 heavy (non-hydrogen) atoms. The lowest BCUT2D eigenvalue weighted by molar-refractivity contribution is 0.486. The summed E-state index contributed by atoms with van der Waals surface area (Å²) in [4.78, 5) is -0.855. The van der Waals surface area contributed by atoms with Crippen LogP contribution < -0.4 is 10.5 Å². The van der Waals surface area contributed by atoms with Crippen molar-refractivity contribution in [3.63, 3.8) is 0 Å². The Kier molecular flexibility index (Phi) is 4.54. The van der Waals surface area contributed by atoms with Crippen molar-refractivity contribution in [2.24, 2.45) is 0 Å². The maximum Gasteiger partial charge on any atom is 0.265 e. The van der Waals surface area contributed by atoms with Crippen LogP contribution in [0.15, 0.2) is 44.2 Å². The van der Waals surface area contributed by atoms with Crippen LogP contribution in [0.2, 0.25) is 0 Å². The van der Waals surface area contributed by atoms with Gasteiger partial charge in [-0.25, -0.2) is 17.2 Å². The molecular formula is C12H8Br2F2N2O2S. The van der Waals surface area contributed by atoms with Gasteiger partial charge in [0.15, 0.2) is 11.6 Å². The first-order chi connectivity index (χ1) is 9.70. The molecule has 9 heteroatoms. The maximum absolute atomic E-state index is 13.7. The molecule has 0 atom stereocenters. The van der Waals surface area contributed by atoms with Crippen LogP contribution >= 0.6 is 31.9 Å². The standard InChI is InChI=1S/C12H8Br2F2N2O2S/c13-6-1-2-8(14)10(3-6)18-21(19,20)11-5-7(17)4-9(15)12(11)16/h1-5,18H,17H2. The van der Waals surface area contributed by atoms with Crippen molar-refractivity contribution in [2.75, 3.05) is 10.5 Å². The Morgan fingerprint density at radius 3 is 2.43 bits per heavy atom. The highest BCUT2D eigenvalue weighted by molar-refractivity contribution is 9.11. The number of hydrogen-bond acceptors (Lipinski definition) is 3. The third kappa shape index (κ3) is 3.53. The highest BCUT2D eigenvalue weighted by Crippen LogP contribution is 2.29. The van der Waals surface area contributed by atoms with Gasteiger partial charge in [0, 0.05) is 14.6 Å². The summed E-state index contributed by atoms with van der Waals surface area (Å²) in [5, 5.41) is 0. The Morgan fingerprint density at radius 1 is 1.10 bits per heavy atom. The molecule has 4 nitrogen and oxygen atoms in total. The van der Waals surface area contributed by atoms with Crippen LogP contribution in [-0.2, 0) is 10.0 Å². The normalized spacial score (nSPS) is 11.4. The summed E-state index contributed by atoms with van der Waals surface area (Å²) < 4.78 is 54.6. The van der Waals surface area contributed by atoms with Crippen molar-refractivity contribution >= 4 is 53.3 Å². The number of nitrogen functional groups attached to an aromatic ring is 1. The van der Waals surface area contributed by atoms with Gasteiger partial charge in [0.2, 0.25) is 0 Å². The van der Waals surface area contributed by atoms with Crippen molar-refractivity contribution in [3.8, 4) is 0 Å². The van der Waals surface area contributed by atoms with Gasteiger partial charge in [-0.1, -0.05) is 15.9 Å². The minimum atomic E-state index is -4.32. The molecule has 0 radical (unpaired) electrons. The molecule has 0 saturated heterocycles. The van der Waals surface area contributed by atoms with E-state index in [0.717, 1.165) is 6.07 Å². The molecule has 0 spiro atoms. The van der Waals surface area contributed by atoms with Crippen LogP contribution in [0.5, 0.6) is 0 Å². The van der Waals surface area contributed by atoms with Gasteiger partial charge in [0.25, 0.3) is 10.0 Å². The largest absolute Gasteiger partial charge is 0.399 e. The van der Waals surface area contributed by atoms with Gasteiger partial charge < -0.3 is 5.73 Å². The second-order valence-corrected chi connectivity index (χ2v) is 7.47. The molecule has 0 aliphatic heterocycles. The van der Waals surface area contributed by atoms with E-state index < -0.39 is 26.6 Å². The van der Waals surface area contributed by atoms with E-state index in [-0.39, 0.29) is 11.4 Å². The molecule has 0 aliphatic carbocycles. The van der Waals surface area contributed by atoms with Crippen molar-refractivity contribution < 1.29 is 17.2 Å². The molecule has 112 valence electrons. The number of rotatable bonds is 3. The second-order valence-electron chi connectivity index (χ2n) is 4.04. The topological polar surface area (TPSA) is 72.2 Å². The van der Waals surface area contributed by atoms with Crippen LogP contribution in [-0.4, -0.2) is 8.42 Å². The Bertz CT molecular complexity index is 813. The number of anilines is 2. The van der Waals surface area contributed by atoms with Gasteiger partial charge in [-0.05, 0) is 46.3 Å². The van der Waals surface area contributed by atoms with E-state index in [1.54, 1.807) is 12.1 Å². The summed E-state index contributed by atoms with van der Waals surface area (Å²) in [7, 11) is -4.32. The van der Waals surface area contributed by atoms with Crippen LogP contribution in [0.4, 0.5) is 20.2 Å². The molecule has 3 N–H and O–H groups in total. The van der Waals surface area contributed by atoms with Crippen molar-refractivity contribution in [1.29, 1.82) is 0 Å². The van der Waals surface area contributed by atoms with Gasteiger partial charge in [-0.15, -0.1) is 0 Å². The number of nitrogens with two attached hydrogens (primary N) is 1. The maximum atomic E-state index is 13.7. The zero-order chi connectivity index (χ0) is 15.8. The molecule has 2 aromatic rings. The molecule has 0 heterocycles. The van der Waals surface area contributed by atoms with Crippen molar-refractivity contribution in [1.82, 2.24) is 0 Å². The summed E-state index contributed by atoms with van der Waals surface area (Å²) in [5.74, 6) is -2.81. The Labute approximate surface area is 136 Å². The number of hydrogen-bond donors (Lipinski definition) is 2. The summed E-state index contributed by atoms with van der Waals surface area (Å²) in [6.07, 6.45) is 0. The molecule has 0 unspecified atom stereocenters. The average molecular weight is 442 g/mol. The van der Waals surface area contributed by atoms with Gasteiger partial charge in [0.05, 0.1) is 5.69 Å². The fourth-order valence-corrected chi connectivity index (χ4v) is 3.59. The summed E-state index contributed by atoms with van der Waals surface area (Å²) >= 11 is 6.35. The molecule has 2 aromatic carbocycles. The van der Waals surface area contributed by atoms with Gasteiger partial charge in [-0.2, -0.15) is 0 Å². The first-order valence-electron chi connectivity index (χ1n) is 5.43. The van der Waals surface area contributed by atoms with Crippen LogP contribution in [0.25, 0.3) is 0 Å². The summed E-state index contributed by atoms with van der Waals surface area (Å²) in [6.45, 7) is 0. The molecule has 0 aromatic heterocycles. The number of halogens is 4. The van der Waals surface area contributed by atoms with E-state index in [1.165, 1.54) is 6.07 Å². The van der Waals surface area contributed by atoms with E-state index in [9.17, 15) is 17.2 Å². The second kappa shape index (κ2) is 5.90. The predicted octanol–water partition coefficient (Wildman–Crippen LogP) is 3.87. The quantitative estimate of drug-likeness (QED) is 0.710. The highest BCUT2D eigenvalue weighted by atomic mass is 79.9. The van der Waals surface area contributed by atoms with Crippen LogP contribution in [0, 0.1) is 11.6 Å². The monoisotopic (exact) mass is 440 g/mol. The molecular weight excluding hydrogens is 434 g/mol. The lowest BCUT2D eigenvalue weighted by atomic mass is 10.3. The van der Waals surface area contributed by atoms with Gasteiger partial charge in [-0.3, -0.25) is 4.72 Å². The lowest BCUT2D eigenvalue weighted by Crippen LogP contribution is -2.16. The Morgan fingerprint density at radius 2 is 1.76 bits per heavy atom. The molecule has 0 fully saturated rings. The number of nitrogens with one attached hydrogen (secondary N) is 1.